The van der Waals surface area contributed by atoms with E-state index in [9.17, 15) is 4.39 Å². The summed E-state index contributed by atoms with van der Waals surface area (Å²) in [5, 5.41) is 3.50. The van der Waals surface area contributed by atoms with Gasteiger partial charge in [-0.3, -0.25) is 0 Å². The molecule has 1 unspecified atom stereocenters. The van der Waals surface area contributed by atoms with Gasteiger partial charge in [-0.2, -0.15) is 0 Å². The number of benzene rings is 2. The summed E-state index contributed by atoms with van der Waals surface area (Å²) < 4.78 is 19.3. The molecule has 0 aliphatic heterocycles. The van der Waals surface area contributed by atoms with Gasteiger partial charge in [-0.15, -0.1) is 0 Å². The molecule has 21 heavy (non-hydrogen) atoms. The van der Waals surface area contributed by atoms with E-state index in [0.717, 1.165) is 42.7 Å². The van der Waals surface area contributed by atoms with E-state index in [1.54, 1.807) is 12.1 Å². The first-order valence-corrected chi connectivity index (χ1v) is 7.53. The SMILES string of the molecule is Fc1cccc2c1CCC2NCCCOc1ccccc1. The van der Waals surface area contributed by atoms with E-state index in [1.807, 2.05) is 36.4 Å². The Hall–Kier alpha value is -1.87. The summed E-state index contributed by atoms with van der Waals surface area (Å²) in [5.41, 5.74) is 2.01. The van der Waals surface area contributed by atoms with Gasteiger partial charge in [0.15, 0.2) is 0 Å². The number of halogens is 1. The zero-order chi connectivity index (χ0) is 14.5. The maximum absolute atomic E-state index is 13.6. The van der Waals surface area contributed by atoms with Gasteiger partial charge in [0.2, 0.25) is 0 Å². The van der Waals surface area contributed by atoms with Gasteiger partial charge in [-0.05, 0) is 55.1 Å². The summed E-state index contributed by atoms with van der Waals surface area (Å²) in [4.78, 5) is 0. The Morgan fingerprint density at radius 2 is 1.95 bits per heavy atom. The van der Waals surface area contributed by atoms with Gasteiger partial charge in [0.25, 0.3) is 0 Å². The van der Waals surface area contributed by atoms with Crippen LogP contribution >= 0.6 is 0 Å². The van der Waals surface area contributed by atoms with E-state index < -0.39 is 0 Å². The molecule has 3 heteroatoms. The largest absolute Gasteiger partial charge is 0.494 e. The number of nitrogens with one attached hydrogen (secondary N) is 1. The maximum atomic E-state index is 13.6. The molecule has 1 atom stereocenters. The molecule has 0 amide bonds. The third kappa shape index (κ3) is 3.42. The van der Waals surface area contributed by atoms with Gasteiger partial charge in [0, 0.05) is 6.04 Å². The second-order valence-electron chi connectivity index (χ2n) is 5.37. The molecule has 1 aliphatic rings. The Balaban J connectivity index is 1.42. The van der Waals surface area contributed by atoms with Gasteiger partial charge in [0.05, 0.1) is 6.61 Å². The highest BCUT2D eigenvalue weighted by molar-refractivity contribution is 5.35. The van der Waals surface area contributed by atoms with Crippen LogP contribution in [0.4, 0.5) is 4.39 Å². The third-order valence-electron chi connectivity index (χ3n) is 3.94. The normalized spacial score (nSPS) is 16.7. The van der Waals surface area contributed by atoms with Crippen molar-refractivity contribution in [1.82, 2.24) is 5.32 Å². The Kier molecular flexibility index (Phi) is 4.51. The van der Waals surface area contributed by atoms with Crippen molar-refractivity contribution in [3.63, 3.8) is 0 Å². The highest BCUT2D eigenvalue weighted by Crippen LogP contribution is 2.32. The molecule has 2 nitrogen and oxygen atoms in total. The molecule has 2 aromatic rings. The lowest BCUT2D eigenvalue weighted by Gasteiger charge is -2.14. The summed E-state index contributed by atoms with van der Waals surface area (Å²) in [6.07, 6.45) is 2.76. The molecule has 3 rings (SSSR count). The van der Waals surface area contributed by atoms with Gasteiger partial charge in [-0.1, -0.05) is 30.3 Å². The van der Waals surface area contributed by atoms with Crippen molar-refractivity contribution in [3.8, 4) is 5.75 Å². The fraction of sp³-hybridized carbons (Fsp3) is 0.333. The fourth-order valence-corrected chi connectivity index (χ4v) is 2.88. The van der Waals surface area contributed by atoms with Crippen LogP contribution in [0.25, 0.3) is 0 Å². The van der Waals surface area contributed by atoms with Crippen LogP contribution in [0.1, 0.15) is 30.0 Å². The Labute approximate surface area is 125 Å². The number of ether oxygens (including phenoxy) is 1. The van der Waals surface area contributed by atoms with E-state index >= 15 is 0 Å². The fourth-order valence-electron chi connectivity index (χ4n) is 2.88. The molecule has 0 heterocycles. The summed E-state index contributed by atoms with van der Waals surface area (Å²) in [6.45, 7) is 1.58. The first-order valence-electron chi connectivity index (χ1n) is 7.53. The number of rotatable bonds is 6. The number of hydrogen-bond acceptors (Lipinski definition) is 2. The van der Waals surface area contributed by atoms with Crippen molar-refractivity contribution < 1.29 is 9.13 Å². The predicted octanol–water partition coefficient (Wildman–Crippen LogP) is 3.87. The molecule has 0 fully saturated rings. The minimum absolute atomic E-state index is 0.0655. The smallest absolute Gasteiger partial charge is 0.126 e. The van der Waals surface area contributed by atoms with Gasteiger partial charge < -0.3 is 10.1 Å². The average Bonchev–Trinajstić information content (AvgIpc) is 2.93. The van der Waals surface area contributed by atoms with E-state index in [-0.39, 0.29) is 11.9 Å². The molecule has 1 N–H and O–H groups in total. The lowest BCUT2D eigenvalue weighted by atomic mass is 10.1. The van der Waals surface area contributed by atoms with E-state index in [1.165, 1.54) is 0 Å². The second-order valence-corrected chi connectivity index (χ2v) is 5.37. The predicted molar refractivity (Wildman–Crippen MR) is 82.0 cm³/mol. The first kappa shape index (κ1) is 14.1. The molecule has 0 aromatic heterocycles. The average molecular weight is 285 g/mol. The monoisotopic (exact) mass is 285 g/mol. The lowest BCUT2D eigenvalue weighted by molar-refractivity contribution is 0.304. The number of fused-ring (bicyclic) bond motifs is 1. The van der Waals surface area contributed by atoms with Crippen molar-refractivity contribution >= 4 is 0 Å². The van der Waals surface area contributed by atoms with Crippen molar-refractivity contribution in [1.29, 1.82) is 0 Å². The van der Waals surface area contributed by atoms with Crippen LogP contribution in [-0.4, -0.2) is 13.2 Å². The van der Waals surface area contributed by atoms with Gasteiger partial charge in [-0.25, -0.2) is 4.39 Å². The van der Waals surface area contributed by atoms with Crippen molar-refractivity contribution in [3.05, 3.63) is 65.5 Å². The quantitative estimate of drug-likeness (QED) is 0.813. The number of hydrogen-bond donors (Lipinski definition) is 1. The first-order chi connectivity index (χ1) is 10.3. The minimum atomic E-state index is -0.0655. The molecular weight excluding hydrogens is 265 g/mol. The summed E-state index contributed by atoms with van der Waals surface area (Å²) in [5.74, 6) is 0.843. The topological polar surface area (TPSA) is 21.3 Å². The standard InChI is InChI=1S/C18H20FNO/c19-17-9-4-8-16-15(17)10-11-18(16)20-12-5-13-21-14-6-2-1-3-7-14/h1-4,6-9,18,20H,5,10-13H2. The summed E-state index contributed by atoms with van der Waals surface area (Å²) in [6, 6.07) is 15.5. The molecule has 2 aromatic carbocycles. The molecule has 0 saturated carbocycles. The van der Waals surface area contributed by atoms with Gasteiger partial charge >= 0.3 is 0 Å². The Bertz CT molecular complexity index is 585. The van der Waals surface area contributed by atoms with E-state index in [0.29, 0.717) is 6.61 Å². The van der Waals surface area contributed by atoms with Crippen LogP contribution in [0.5, 0.6) is 5.75 Å². The van der Waals surface area contributed by atoms with Crippen LogP contribution in [0.2, 0.25) is 0 Å². The van der Waals surface area contributed by atoms with E-state index in [4.69, 9.17) is 4.74 Å². The highest BCUT2D eigenvalue weighted by Gasteiger charge is 2.23. The van der Waals surface area contributed by atoms with Crippen LogP contribution in [-0.2, 0) is 6.42 Å². The second kappa shape index (κ2) is 6.72. The molecular formula is C18H20FNO. The zero-order valence-corrected chi connectivity index (χ0v) is 12.0. The Morgan fingerprint density at radius 1 is 1.10 bits per heavy atom. The molecule has 0 spiro atoms. The molecule has 0 radical (unpaired) electrons. The lowest BCUT2D eigenvalue weighted by Crippen LogP contribution is -2.22. The molecule has 0 bridgehead atoms. The molecule has 110 valence electrons. The van der Waals surface area contributed by atoms with Crippen LogP contribution < -0.4 is 10.1 Å². The molecule has 1 aliphatic carbocycles. The van der Waals surface area contributed by atoms with E-state index in [2.05, 4.69) is 5.32 Å². The maximum Gasteiger partial charge on any atom is 0.126 e. The zero-order valence-electron chi connectivity index (χ0n) is 12.0. The minimum Gasteiger partial charge on any atom is -0.494 e. The third-order valence-corrected chi connectivity index (χ3v) is 3.94. The summed E-state index contributed by atoms with van der Waals surface area (Å²) >= 11 is 0. The number of para-hydroxylation sites is 1. The molecule has 0 saturated heterocycles. The summed E-state index contributed by atoms with van der Waals surface area (Å²) in [7, 11) is 0. The van der Waals surface area contributed by atoms with Crippen molar-refractivity contribution in [2.45, 2.75) is 25.3 Å². The Morgan fingerprint density at radius 3 is 2.81 bits per heavy atom. The highest BCUT2D eigenvalue weighted by atomic mass is 19.1. The van der Waals surface area contributed by atoms with Gasteiger partial charge in [0.1, 0.15) is 11.6 Å². The van der Waals surface area contributed by atoms with Crippen LogP contribution in [0, 0.1) is 5.82 Å². The van der Waals surface area contributed by atoms with Crippen LogP contribution in [0.15, 0.2) is 48.5 Å². The van der Waals surface area contributed by atoms with Crippen LogP contribution in [0.3, 0.4) is 0 Å². The van der Waals surface area contributed by atoms with Crippen molar-refractivity contribution in [2.24, 2.45) is 0 Å². The van der Waals surface area contributed by atoms with Crippen molar-refractivity contribution in [2.75, 3.05) is 13.2 Å².